The molecular formula is C11H7N7O3S. The zero-order valence-corrected chi connectivity index (χ0v) is 11.5. The van der Waals surface area contributed by atoms with E-state index in [1.807, 2.05) is 10.8 Å². The summed E-state index contributed by atoms with van der Waals surface area (Å²) in [6.07, 6.45) is 1.33. The van der Waals surface area contributed by atoms with E-state index >= 15 is 0 Å². The zero-order valence-electron chi connectivity index (χ0n) is 10.7. The number of carbonyl (C=O) groups excluding carboxylic acids is 1. The molecule has 110 valence electrons. The van der Waals surface area contributed by atoms with Gasteiger partial charge in [0.05, 0.1) is 5.56 Å². The van der Waals surface area contributed by atoms with E-state index in [0.717, 1.165) is 0 Å². The van der Waals surface area contributed by atoms with Crippen LogP contribution in [0.3, 0.4) is 0 Å². The molecule has 0 atom stereocenters. The van der Waals surface area contributed by atoms with E-state index in [-0.39, 0.29) is 21.9 Å². The molecule has 2 heterocycles. The fourth-order valence-corrected chi connectivity index (χ4v) is 2.99. The van der Waals surface area contributed by atoms with Gasteiger partial charge < -0.3 is 5.32 Å². The van der Waals surface area contributed by atoms with Crippen LogP contribution in [0.5, 0.6) is 0 Å². The number of nitriles is 1. The normalized spacial score (nSPS) is 15.8. The van der Waals surface area contributed by atoms with Crippen LogP contribution in [0.4, 0.5) is 5.69 Å². The zero-order chi connectivity index (χ0) is 15.7. The van der Waals surface area contributed by atoms with E-state index < -0.39 is 15.9 Å². The number of H-pyrrole nitrogens is 1. The molecule has 1 aliphatic heterocycles. The Hall–Kier alpha value is -3.26. The highest BCUT2D eigenvalue weighted by molar-refractivity contribution is 7.90. The second kappa shape index (κ2) is 4.93. The van der Waals surface area contributed by atoms with Crippen LogP contribution in [-0.4, -0.2) is 34.9 Å². The van der Waals surface area contributed by atoms with Gasteiger partial charge in [-0.2, -0.15) is 10.5 Å². The van der Waals surface area contributed by atoms with Gasteiger partial charge in [0.25, 0.3) is 15.9 Å². The number of hydrogen-bond donors (Lipinski definition) is 3. The van der Waals surface area contributed by atoms with Crippen molar-refractivity contribution in [3.63, 3.8) is 0 Å². The van der Waals surface area contributed by atoms with Crippen LogP contribution in [0.25, 0.3) is 5.57 Å². The van der Waals surface area contributed by atoms with E-state index in [4.69, 9.17) is 5.26 Å². The highest BCUT2D eigenvalue weighted by Crippen LogP contribution is 2.25. The first-order valence-electron chi connectivity index (χ1n) is 5.83. The predicted octanol–water partition coefficient (Wildman–Crippen LogP) is -0.392. The lowest BCUT2D eigenvalue weighted by Gasteiger charge is -2.02. The number of fused-ring (bicyclic) bond motifs is 1. The summed E-state index contributed by atoms with van der Waals surface area (Å²) in [5.74, 6) is -0.585. The lowest BCUT2D eigenvalue weighted by atomic mass is 10.2. The molecule has 1 aromatic heterocycles. The highest BCUT2D eigenvalue weighted by atomic mass is 32.2. The topological polar surface area (TPSA) is 154 Å². The summed E-state index contributed by atoms with van der Waals surface area (Å²) in [5.41, 5.74) is 0.588. The Kier molecular flexibility index (Phi) is 3.08. The van der Waals surface area contributed by atoms with Gasteiger partial charge in [0.15, 0.2) is 0 Å². The number of benzene rings is 1. The van der Waals surface area contributed by atoms with Gasteiger partial charge in [-0.15, -0.1) is 10.2 Å². The maximum atomic E-state index is 11.6. The molecule has 0 fully saturated rings. The molecule has 0 saturated heterocycles. The number of allylic oxidation sites excluding steroid dienone is 1. The van der Waals surface area contributed by atoms with Crippen molar-refractivity contribution >= 4 is 27.2 Å². The van der Waals surface area contributed by atoms with Crippen LogP contribution in [0.2, 0.25) is 0 Å². The second-order valence-corrected chi connectivity index (χ2v) is 5.85. The molecule has 1 aromatic carbocycles. The van der Waals surface area contributed by atoms with Crippen LogP contribution in [-0.2, 0) is 10.0 Å². The summed E-state index contributed by atoms with van der Waals surface area (Å²) >= 11 is 0. The van der Waals surface area contributed by atoms with Crippen molar-refractivity contribution < 1.29 is 13.2 Å². The highest BCUT2D eigenvalue weighted by Gasteiger charge is 2.32. The first-order chi connectivity index (χ1) is 10.5. The number of anilines is 1. The third-order valence-corrected chi connectivity index (χ3v) is 4.22. The number of aromatic nitrogens is 4. The van der Waals surface area contributed by atoms with Gasteiger partial charge in [-0.05, 0) is 23.4 Å². The van der Waals surface area contributed by atoms with Gasteiger partial charge in [0.2, 0.25) is 5.82 Å². The van der Waals surface area contributed by atoms with Crippen LogP contribution in [0.1, 0.15) is 16.2 Å². The summed E-state index contributed by atoms with van der Waals surface area (Å²) in [6.45, 7) is 0. The predicted molar refractivity (Wildman–Crippen MR) is 72.5 cm³/mol. The third kappa shape index (κ3) is 2.27. The Balaban J connectivity index is 1.91. The van der Waals surface area contributed by atoms with Crippen LogP contribution >= 0.6 is 0 Å². The number of sulfonamides is 1. The minimum Gasteiger partial charge on any atom is -0.360 e. The Labute approximate surface area is 123 Å². The van der Waals surface area contributed by atoms with Crippen molar-refractivity contribution in [1.29, 1.82) is 5.26 Å². The number of hydrogen-bond acceptors (Lipinski definition) is 8. The number of tetrazole rings is 1. The smallest absolute Gasteiger partial charge is 0.266 e. The molecule has 0 aliphatic carbocycles. The molecule has 22 heavy (non-hydrogen) atoms. The summed E-state index contributed by atoms with van der Waals surface area (Å²) in [4.78, 5) is 11.5. The minimum atomic E-state index is -3.77. The van der Waals surface area contributed by atoms with E-state index in [1.165, 1.54) is 24.4 Å². The summed E-state index contributed by atoms with van der Waals surface area (Å²) < 4.78 is 25.1. The molecule has 3 rings (SSSR count). The summed E-state index contributed by atoms with van der Waals surface area (Å²) in [7, 11) is -3.77. The minimum absolute atomic E-state index is 0.0384. The van der Waals surface area contributed by atoms with Gasteiger partial charge >= 0.3 is 0 Å². The lowest BCUT2D eigenvalue weighted by Crippen LogP contribution is -2.20. The quantitative estimate of drug-likeness (QED) is 0.647. The van der Waals surface area contributed by atoms with Crippen molar-refractivity contribution in [3.8, 4) is 6.07 Å². The average Bonchev–Trinajstić information content (AvgIpc) is 3.08. The third-order valence-electron chi connectivity index (χ3n) is 2.83. The van der Waals surface area contributed by atoms with E-state index in [1.54, 1.807) is 0 Å². The lowest BCUT2D eigenvalue weighted by molar-refractivity contribution is 0.0985. The number of nitrogens with one attached hydrogen (secondary N) is 3. The standard InChI is InChI=1S/C11H7N7O3S/c12-4-6(10-14-17-18-15-10)5-13-7-1-2-9-8(3-7)11(19)16-22(9,20)21/h1-3,5,13H,(H,16,19)(H,14,15,17,18). The molecule has 11 heteroatoms. The molecule has 0 saturated carbocycles. The Bertz CT molecular complexity index is 925. The van der Waals surface area contributed by atoms with Gasteiger partial charge in [0.1, 0.15) is 16.5 Å². The van der Waals surface area contributed by atoms with Crippen molar-refractivity contribution in [2.45, 2.75) is 4.90 Å². The molecule has 10 nitrogen and oxygen atoms in total. The first-order valence-corrected chi connectivity index (χ1v) is 7.31. The maximum Gasteiger partial charge on any atom is 0.266 e. The molecule has 3 N–H and O–H groups in total. The van der Waals surface area contributed by atoms with Crippen LogP contribution in [0, 0.1) is 11.3 Å². The van der Waals surface area contributed by atoms with E-state index in [0.29, 0.717) is 5.69 Å². The first kappa shape index (κ1) is 13.7. The second-order valence-electron chi connectivity index (χ2n) is 4.20. The number of nitrogens with zero attached hydrogens (tertiary/aromatic N) is 4. The molecule has 0 spiro atoms. The fraction of sp³-hybridized carbons (Fsp3) is 0. The molecule has 0 unspecified atom stereocenters. The van der Waals surface area contributed by atoms with Gasteiger partial charge in [0, 0.05) is 11.9 Å². The number of rotatable bonds is 3. The largest absolute Gasteiger partial charge is 0.360 e. The maximum absolute atomic E-state index is 11.6. The fourth-order valence-electron chi connectivity index (χ4n) is 1.84. The van der Waals surface area contributed by atoms with E-state index in [9.17, 15) is 13.2 Å². The van der Waals surface area contributed by atoms with Crippen molar-refractivity contribution in [1.82, 2.24) is 25.3 Å². The Morgan fingerprint density at radius 1 is 1.41 bits per heavy atom. The van der Waals surface area contributed by atoms with Gasteiger partial charge in [-0.1, -0.05) is 0 Å². The van der Waals surface area contributed by atoms with Gasteiger partial charge in [-0.3, -0.25) is 4.79 Å². The number of aromatic amines is 1. The molecule has 0 bridgehead atoms. The monoisotopic (exact) mass is 317 g/mol. The van der Waals surface area contributed by atoms with Crippen molar-refractivity contribution in [2.24, 2.45) is 0 Å². The summed E-state index contributed by atoms with van der Waals surface area (Å²) in [5, 5.41) is 24.7. The van der Waals surface area contributed by atoms with E-state index in [2.05, 4.69) is 25.9 Å². The molecule has 0 radical (unpaired) electrons. The Morgan fingerprint density at radius 3 is 2.91 bits per heavy atom. The van der Waals surface area contributed by atoms with Gasteiger partial charge in [-0.25, -0.2) is 13.1 Å². The number of amides is 1. The summed E-state index contributed by atoms with van der Waals surface area (Å²) in [6, 6.07) is 6.03. The molecular weight excluding hydrogens is 310 g/mol. The molecule has 1 aliphatic rings. The molecule has 2 aromatic rings. The van der Waals surface area contributed by atoms with Crippen LogP contribution in [0.15, 0.2) is 29.3 Å². The van der Waals surface area contributed by atoms with Crippen LogP contribution < -0.4 is 10.0 Å². The Morgan fingerprint density at radius 2 is 2.23 bits per heavy atom. The van der Waals surface area contributed by atoms with Crippen molar-refractivity contribution in [2.75, 3.05) is 5.32 Å². The SMILES string of the molecule is N#CC(=CNc1ccc2c(c1)C(=O)NS2(=O)=O)c1nn[nH]n1. The molecule has 1 amide bonds. The number of carbonyl (C=O) groups is 1. The average molecular weight is 317 g/mol. The van der Waals surface area contributed by atoms with Crippen molar-refractivity contribution in [3.05, 3.63) is 35.8 Å².